The van der Waals surface area contributed by atoms with Gasteiger partial charge in [-0.05, 0) is 44.1 Å². The molecule has 0 bridgehead atoms. The minimum Gasteiger partial charge on any atom is -0.366 e. The van der Waals surface area contributed by atoms with Crippen molar-refractivity contribution in [3.05, 3.63) is 65.3 Å². The van der Waals surface area contributed by atoms with E-state index >= 15 is 0 Å². The summed E-state index contributed by atoms with van der Waals surface area (Å²) in [6, 6.07) is 8.21. The van der Waals surface area contributed by atoms with Crippen molar-refractivity contribution in [2.75, 3.05) is 5.32 Å². The zero-order chi connectivity index (χ0) is 19.7. The van der Waals surface area contributed by atoms with Crippen molar-refractivity contribution in [1.82, 2.24) is 20.1 Å². The number of anilines is 1. The predicted octanol–water partition coefficient (Wildman–Crippen LogP) is 2.04. The number of nitrogens with two attached hydrogens (primary N) is 1. The average Bonchev–Trinajstić information content (AvgIpc) is 3.38. The molecule has 8 nitrogen and oxygen atoms in total. The molecule has 2 aromatic rings. The number of amides is 1. The number of rotatable bonds is 6. The van der Waals surface area contributed by atoms with Crippen molar-refractivity contribution in [3.8, 4) is 5.82 Å². The lowest BCUT2D eigenvalue weighted by atomic mass is 10.1. The highest BCUT2D eigenvalue weighted by atomic mass is 16.1. The molecular weight excluding hydrogens is 354 g/mol. The number of hydrogen-bond donors (Lipinski definition) is 4. The molecule has 2 aliphatic rings. The third-order valence-electron chi connectivity index (χ3n) is 4.53. The van der Waals surface area contributed by atoms with Crippen LogP contribution in [0.2, 0.25) is 0 Å². The molecule has 3 heterocycles. The maximum absolute atomic E-state index is 11.6. The maximum atomic E-state index is 11.6. The van der Waals surface area contributed by atoms with Gasteiger partial charge >= 0.3 is 0 Å². The molecule has 4 rings (SSSR count). The van der Waals surface area contributed by atoms with Gasteiger partial charge in [-0.15, -0.1) is 5.10 Å². The topological polar surface area (TPSA) is 122 Å². The van der Waals surface area contributed by atoms with Gasteiger partial charge < -0.3 is 21.8 Å². The van der Waals surface area contributed by atoms with E-state index in [2.05, 4.69) is 15.6 Å². The number of dihydropyridines is 1. The summed E-state index contributed by atoms with van der Waals surface area (Å²) < 4.78 is 1.78. The van der Waals surface area contributed by atoms with E-state index in [4.69, 9.17) is 16.2 Å². The fraction of sp³-hybridized carbons (Fsp3) is 0.200. The normalized spacial score (nSPS) is 17.5. The Balaban J connectivity index is 1.82. The van der Waals surface area contributed by atoms with Crippen LogP contribution in [-0.2, 0) is 4.79 Å². The van der Waals surface area contributed by atoms with Gasteiger partial charge in [-0.25, -0.2) is 9.67 Å². The molecule has 142 valence electrons. The van der Waals surface area contributed by atoms with Crippen molar-refractivity contribution < 1.29 is 4.79 Å². The van der Waals surface area contributed by atoms with Gasteiger partial charge in [-0.1, -0.05) is 6.07 Å². The zero-order valence-electron chi connectivity index (χ0n) is 15.4. The van der Waals surface area contributed by atoms with Crippen LogP contribution in [0.5, 0.6) is 0 Å². The Morgan fingerprint density at radius 2 is 2.25 bits per heavy atom. The quantitative estimate of drug-likeness (QED) is 0.455. The van der Waals surface area contributed by atoms with Gasteiger partial charge in [0.1, 0.15) is 5.82 Å². The molecule has 1 amide bonds. The number of aryl methyl sites for hydroxylation is 1. The van der Waals surface area contributed by atoms with E-state index in [0.29, 0.717) is 17.6 Å². The van der Waals surface area contributed by atoms with Crippen LogP contribution in [0.15, 0.2) is 53.9 Å². The maximum Gasteiger partial charge on any atom is 0.252 e. The van der Waals surface area contributed by atoms with Crippen LogP contribution in [0, 0.1) is 12.3 Å². The molecule has 0 saturated heterocycles. The van der Waals surface area contributed by atoms with E-state index in [-0.39, 0.29) is 5.57 Å². The molecule has 1 fully saturated rings. The summed E-state index contributed by atoms with van der Waals surface area (Å²) in [5.41, 5.74) is 8.52. The third kappa shape index (κ3) is 3.57. The highest BCUT2D eigenvalue weighted by Gasteiger charge is 2.24. The van der Waals surface area contributed by atoms with E-state index in [1.165, 1.54) is 0 Å². The van der Waals surface area contributed by atoms with Crippen LogP contribution in [0.3, 0.4) is 0 Å². The summed E-state index contributed by atoms with van der Waals surface area (Å²) in [6.45, 7) is 1.93. The molecule has 0 spiro atoms. The van der Waals surface area contributed by atoms with E-state index < -0.39 is 5.91 Å². The molecule has 2 aromatic heterocycles. The van der Waals surface area contributed by atoms with Gasteiger partial charge in [0.2, 0.25) is 0 Å². The number of carbonyl (C=O) groups is 1. The summed E-state index contributed by atoms with van der Waals surface area (Å²) in [4.78, 5) is 16.2. The van der Waals surface area contributed by atoms with Crippen LogP contribution < -0.4 is 16.4 Å². The average molecular weight is 375 g/mol. The molecule has 28 heavy (non-hydrogen) atoms. The Kier molecular flexibility index (Phi) is 4.52. The molecule has 0 unspecified atom stereocenters. The molecule has 1 aliphatic heterocycles. The van der Waals surface area contributed by atoms with Crippen LogP contribution in [0.4, 0.5) is 5.82 Å². The minimum absolute atomic E-state index is 0.109. The Bertz CT molecular complexity index is 1040. The SMILES string of the molecule is Cc1cccc(-n2nc(NC3CC3)cc2C2=C/C(=C(/C=N)C(N)=O)NC=C2)n1. The number of nitrogens with zero attached hydrogens (tertiary/aromatic N) is 3. The minimum atomic E-state index is -0.659. The van der Waals surface area contributed by atoms with E-state index in [0.717, 1.165) is 41.8 Å². The zero-order valence-corrected chi connectivity index (χ0v) is 15.4. The fourth-order valence-electron chi connectivity index (χ4n) is 2.98. The predicted molar refractivity (Wildman–Crippen MR) is 108 cm³/mol. The first-order valence-electron chi connectivity index (χ1n) is 9.05. The van der Waals surface area contributed by atoms with Crippen LogP contribution >= 0.6 is 0 Å². The number of hydrogen-bond acceptors (Lipinski definition) is 6. The van der Waals surface area contributed by atoms with Gasteiger partial charge in [0.05, 0.1) is 17.0 Å². The van der Waals surface area contributed by atoms with Crippen LogP contribution in [0.1, 0.15) is 24.2 Å². The van der Waals surface area contributed by atoms with Gasteiger partial charge in [-0.3, -0.25) is 4.79 Å². The Hall–Kier alpha value is -3.68. The molecular formula is C20H21N7O. The lowest BCUT2D eigenvalue weighted by Crippen LogP contribution is -2.21. The Morgan fingerprint density at radius 1 is 1.43 bits per heavy atom. The lowest BCUT2D eigenvalue weighted by Gasteiger charge is -2.14. The summed E-state index contributed by atoms with van der Waals surface area (Å²) in [5, 5.41) is 18.6. The monoisotopic (exact) mass is 375 g/mol. The first-order valence-corrected chi connectivity index (χ1v) is 9.05. The third-order valence-corrected chi connectivity index (χ3v) is 4.53. The number of primary amides is 1. The van der Waals surface area contributed by atoms with Gasteiger partial charge in [-0.2, -0.15) is 0 Å². The van der Waals surface area contributed by atoms with Crippen molar-refractivity contribution in [3.63, 3.8) is 0 Å². The second-order valence-corrected chi connectivity index (χ2v) is 6.80. The summed E-state index contributed by atoms with van der Waals surface area (Å²) >= 11 is 0. The van der Waals surface area contributed by atoms with Crippen LogP contribution in [0.25, 0.3) is 11.4 Å². The fourth-order valence-corrected chi connectivity index (χ4v) is 2.98. The number of allylic oxidation sites excluding steroid dienone is 3. The molecule has 5 N–H and O–H groups in total. The van der Waals surface area contributed by atoms with E-state index in [1.54, 1.807) is 17.0 Å². The van der Waals surface area contributed by atoms with Gasteiger partial charge in [0, 0.05) is 35.8 Å². The highest BCUT2D eigenvalue weighted by molar-refractivity contribution is 6.12. The van der Waals surface area contributed by atoms with Crippen molar-refractivity contribution in [1.29, 1.82) is 5.41 Å². The number of nitrogens with one attached hydrogen (secondary N) is 3. The Morgan fingerprint density at radius 3 is 2.93 bits per heavy atom. The summed E-state index contributed by atoms with van der Waals surface area (Å²) in [7, 11) is 0. The van der Waals surface area contributed by atoms with Crippen LogP contribution in [-0.4, -0.2) is 32.9 Å². The molecule has 1 aliphatic carbocycles. The largest absolute Gasteiger partial charge is 0.366 e. The first-order chi connectivity index (χ1) is 13.5. The summed E-state index contributed by atoms with van der Waals surface area (Å²) in [5.74, 6) is 0.828. The standard InChI is InChI=1S/C20H21N7O/c1-12-3-2-4-19(24-12)27-17(10-18(26-27)25-14-5-6-14)13-7-8-23-16(9-13)15(11-21)20(22)28/h2-4,7-11,14,21,23H,5-6H2,1H3,(H2,22,28)(H,25,26)/b16-15+,21-11?. The second kappa shape index (κ2) is 7.15. The Labute approximate surface area is 162 Å². The molecule has 8 heteroatoms. The van der Waals surface area contributed by atoms with Crippen molar-refractivity contribution >= 4 is 23.5 Å². The van der Waals surface area contributed by atoms with Crippen molar-refractivity contribution in [2.24, 2.45) is 5.73 Å². The highest BCUT2D eigenvalue weighted by Crippen LogP contribution is 2.29. The van der Waals surface area contributed by atoms with E-state index in [1.807, 2.05) is 37.3 Å². The van der Waals surface area contributed by atoms with Crippen molar-refractivity contribution in [2.45, 2.75) is 25.8 Å². The summed E-state index contributed by atoms with van der Waals surface area (Å²) in [6.07, 6.45) is 8.63. The number of carbonyl (C=O) groups excluding carboxylic acids is 1. The second-order valence-electron chi connectivity index (χ2n) is 6.80. The first kappa shape index (κ1) is 17.7. The van der Waals surface area contributed by atoms with Gasteiger partial charge in [0.25, 0.3) is 5.91 Å². The lowest BCUT2D eigenvalue weighted by molar-refractivity contribution is -0.114. The number of aromatic nitrogens is 3. The molecule has 0 aromatic carbocycles. The van der Waals surface area contributed by atoms with Gasteiger partial charge in [0.15, 0.2) is 5.82 Å². The van der Waals surface area contributed by atoms with E-state index in [9.17, 15) is 4.79 Å². The molecule has 1 saturated carbocycles. The molecule has 0 atom stereocenters. The smallest absolute Gasteiger partial charge is 0.252 e. The molecule has 0 radical (unpaired) electrons. The number of pyridine rings is 1.